The van der Waals surface area contributed by atoms with Crippen molar-refractivity contribution >= 4 is 11.7 Å². The molecule has 0 N–H and O–H groups in total. The highest BCUT2D eigenvalue weighted by Crippen LogP contribution is 2.41. The van der Waals surface area contributed by atoms with Gasteiger partial charge in [0.25, 0.3) is 0 Å². The Morgan fingerprint density at radius 2 is 1.39 bits per heavy atom. The van der Waals surface area contributed by atoms with Crippen molar-refractivity contribution in [1.29, 1.82) is 0 Å². The van der Waals surface area contributed by atoms with E-state index in [4.69, 9.17) is 4.74 Å². The Labute approximate surface area is 168 Å². The molecule has 1 aromatic rings. The molecule has 146 valence electrons. The van der Waals surface area contributed by atoms with Crippen LogP contribution in [0.3, 0.4) is 0 Å². The van der Waals surface area contributed by atoms with Gasteiger partial charge in [-0.25, -0.2) is 4.79 Å². The number of carbonyl (C=O) groups excluding carboxylic acids is 1. The van der Waals surface area contributed by atoms with Gasteiger partial charge in [-0.2, -0.15) is 0 Å². The van der Waals surface area contributed by atoms with Crippen LogP contribution in [-0.2, 0) is 16.0 Å². The van der Waals surface area contributed by atoms with Crippen molar-refractivity contribution in [2.24, 2.45) is 0 Å². The third-order valence-electron chi connectivity index (χ3n) is 6.22. The summed E-state index contributed by atoms with van der Waals surface area (Å²) in [5.74, 6) is 0.380. The lowest BCUT2D eigenvalue weighted by atomic mass is 9.92. The second-order valence-corrected chi connectivity index (χ2v) is 7.66. The minimum absolute atomic E-state index is 0.252. The number of likely N-dealkylation sites (N-methyl/N-ethyl adjacent to an activating group) is 1. The molecule has 28 heavy (non-hydrogen) atoms. The van der Waals surface area contributed by atoms with Crippen molar-refractivity contribution in [1.82, 2.24) is 0 Å². The van der Waals surface area contributed by atoms with Crippen LogP contribution in [0.25, 0.3) is 0 Å². The van der Waals surface area contributed by atoms with E-state index in [-0.39, 0.29) is 5.97 Å². The average molecular weight is 376 g/mol. The zero-order chi connectivity index (χ0) is 20.6. The zero-order valence-corrected chi connectivity index (χ0v) is 17.9. The molecule has 3 nitrogen and oxygen atoms in total. The van der Waals surface area contributed by atoms with E-state index < -0.39 is 0 Å². The van der Waals surface area contributed by atoms with Crippen molar-refractivity contribution < 1.29 is 9.53 Å². The number of hydrogen-bond donors (Lipinski definition) is 0. The Morgan fingerprint density at radius 1 is 0.786 bits per heavy atom. The summed E-state index contributed by atoms with van der Waals surface area (Å²) in [5.41, 5.74) is 11.3. The van der Waals surface area contributed by atoms with Gasteiger partial charge >= 0.3 is 5.97 Å². The van der Waals surface area contributed by atoms with Crippen molar-refractivity contribution in [2.75, 3.05) is 11.9 Å². The van der Waals surface area contributed by atoms with Crippen LogP contribution in [0.4, 0.5) is 5.69 Å². The van der Waals surface area contributed by atoms with Gasteiger partial charge in [-0.05, 0) is 81.5 Å². The second-order valence-electron chi connectivity index (χ2n) is 7.66. The highest BCUT2D eigenvalue weighted by Gasteiger charge is 2.26. The highest BCUT2D eigenvalue weighted by atomic mass is 16.5. The maximum Gasteiger partial charge on any atom is 0.339 e. The summed E-state index contributed by atoms with van der Waals surface area (Å²) < 4.78 is 5.22. The van der Waals surface area contributed by atoms with Crippen LogP contribution in [-0.4, -0.2) is 13.0 Å². The molecule has 0 aromatic heterocycles. The molecule has 3 rings (SSSR count). The van der Waals surface area contributed by atoms with Crippen molar-refractivity contribution in [3.63, 3.8) is 0 Å². The number of esters is 1. The van der Waals surface area contributed by atoms with Crippen LogP contribution in [0.2, 0.25) is 0 Å². The molecule has 0 unspecified atom stereocenters. The lowest BCUT2D eigenvalue weighted by molar-refractivity contribution is -0.133. The van der Waals surface area contributed by atoms with E-state index in [0.717, 1.165) is 12.0 Å². The molecule has 0 fully saturated rings. The minimum atomic E-state index is -0.252. The molecule has 0 amide bonds. The fourth-order valence-electron chi connectivity index (χ4n) is 3.84. The molecular weight excluding hydrogens is 346 g/mol. The van der Waals surface area contributed by atoms with Crippen LogP contribution in [0.1, 0.15) is 41.7 Å². The molecule has 0 spiro atoms. The maximum absolute atomic E-state index is 11.5. The Balaban J connectivity index is 1.73. The third kappa shape index (κ3) is 3.37. The van der Waals surface area contributed by atoms with Crippen molar-refractivity contribution in [3.8, 4) is 0 Å². The molecule has 1 aromatic carbocycles. The highest BCUT2D eigenvalue weighted by molar-refractivity contribution is 5.93. The quantitative estimate of drug-likeness (QED) is 0.502. The van der Waals surface area contributed by atoms with Gasteiger partial charge in [0.15, 0.2) is 0 Å². The molecular formula is C25H29NO2. The Hall–Kier alpha value is -2.81. The van der Waals surface area contributed by atoms with Crippen LogP contribution >= 0.6 is 0 Å². The monoisotopic (exact) mass is 375 g/mol. The predicted molar refractivity (Wildman–Crippen MR) is 116 cm³/mol. The van der Waals surface area contributed by atoms with E-state index in [1.165, 1.54) is 39.2 Å². The van der Waals surface area contributed by atoms with Crippen LogP contribution < -0.4 is 4.90 Å². The maximum atomic E-state index is 11.5. The van der Waals surface area contributed by atoms with Gasteiger partial charge in [0.05, 0.1) is 0 Å². The lowest BCUT2D eigenvalue weighted by Gasteiger charge is -2.20. The molecule has 0 atom stereocenters. The van der Waals surface area contributed by atoms with Crippen molar-refractivity contribution in [3.05, 3.63) is 86.9 Å². The third-order valence-corrected chi connectivity index (χ3v) is 6.22. The molecule has 0 saturated heterocycles. The summed E-state index contributed by atoms with van der Waals surface area (Å²) in [7, 11) is 2.15. The Kier molecular flexibility index (Phi) is 5.46. The number of nitrogens with zero attached hydrogens (tertiary/aromatic N) is 1. The molecule has 0 radical (unpaired) electrons. The topological polar surface area (TPSA) is 29.5 Å². The number of cyclic esters (lactones) is 1. The fraction of sp³-hybridized carbons (Fsp3) is 0.320. The molecule has 3 heteroatoms. The number of hydrogen-bond acceptors (Lipinski definition) is 3. The minimum Gasteiger partial charge on any atom is -0.423 e. The van der Waals surface area contributed by atoms with Gasteiger partial charge < -0.3 is 9.64 Å². The van der Waals surface area contributed by atoms with Crippen molar-refractivity contribution in [2.45, 2.75) is 48.0 Å². The van der Waals surface area contributed by atoms with E-state index in [1.54, 1.807) is 6.92 Å². The standard InChI is InChI=1S/C25H29NO2/c1-15-16(2)19(5)24-22(17(15)3)14-21(26(24)7)12-10-8-9-11-13-23-18(4)20(6)25(27)28-23/h8-13H,14H2,1-7H3. The average Bonchev–Trinajstić information content (AvgIpc) is 3.13. The molecule has 2 aliphatic heterocycles. The van der Waals surface area contributed by atoms with E-state index in [2.05, 4.69) is 51.8 Å². The fourth-order valence-corrected chi connectivity index (χ4v) is 3.84. The molecule has 0 saturated carbocycles. The number of allylic oxidation sites excluding steroid dienone is 8. The van der Waals surface area contributed by atoms with Gasteiger partial charge in [-0.3, -0.25) is 0 Å². The van der Waals surface area contributed by atoms with E-state index in [0.29, 0.717) is 11.3 Å². The van der Waals surface area contributed by atoms with Crippen LogP contribution in [0.5, 0.6) is 0 Å². The summed E-state index contributed by atoms with van der Waals surface area (Å²) in [4.78, 5) is 13.8. The summed E-state index contributed by atoms with van der Waals surface area (Å²) in [6.07, 6.45) is 12.9. The summed E-state index contributed by atoms with van der Waals surface area (Å²) in [6, 6.07) is 0. The Morgan fingerprint density at radius 3 is 2.00 bits per heavy atom. The SMILES string of the molecule is CC1=C(C)C(=CC=CC=CC=C2Cc3c(C)c(C)c(C)c(C)c3N2C)OC1=O. The smallest absolute Gasteiger partial charge is 0.339 e. The first kappa shape index (κ1) is 19.9. The van der Waals surface area contributed by atoms with Gasteiger partial charge in [0.1, 0.15) is 5.76 Å². The van der Waals surface area contributed by atoms with Crippen LogP contribution in [0, 0.1) is 27.7 Å². The molecule has 0 bridgehead atoms. The first-order chi connectivity index (χ1) is 13.2. The summed E-state index contributed by atoms with van der Waals surface area (Å²) >= 11 is 0. The van der Waals surface area contributed by atoms with Crippen LogP contribution in [0.15, 0.2) is 59.1 Å². The summed E-state index contributed by atoms with van der Waals surface area (Å²) in [6.45, 7) is 12.6. The summed E-state index contributed by atoms with van der Waals surface area (Å²) in [5, 5.41) is 0. The number of benzene rings is 1. The number of anilines is 1. The molecule has 2 heterocycles. The first-order valence-corrected chi connectivity index (χ1v) is 9.71. The van der Waals surface area contributed by atoms with Gasteiger partial charge in [-0.1, -0.05) is 24.3 Å². The Bertz CT molecular complexity index is 1000. The van der Waals surface area contributed by atoms with E-state index in [1.807, 2.05) is 31.2 Å². The second kappa shape index (κ2) is 7.67. The van der Waals surface area contributed by atoms with Gasteiger partial charge in [0, 0.05) is 36.0 Å². The number of ether oxygens (including phenoxy) is 1. The van der Waals surface area contributed by atoms with Gasteiger partial charge in [-0.15, -0.1) is 0 Å². The van der Waals surface area contributed by atoms with E-state index >= 15 is 0 Å². The van der Waals surface area contributed by atoms with Gasteiger partial charge in [0.2, 0.25) is 0 Å². The predicted octanol–water partition coefficient (Wildman–Crippen LogP) is 5.69. The molecule has 2 aliphatic rings. The normalized spacial score (nSPS) is 19.8. The largest absolute Gasteiger partial charge is 0.423 e. The number of carbonyl (C=O) groups is 1. The lowest BCUT2D eigenvalue weighted by Crippen LogP contribution is -2.12. The zero-order valence-electron chi connectivity index (χ0n) is 17.9. The molecule has 0 aliphatic carbocycles. The number of fused-ring (bicyclic) bond motifs is 1. The first-order valence-electron chi connectivity index (χ1n) is 9.71. The number of rotatable bonds is 3. The van der Waals surface area contributed by atoms with E-state index in [9.17, 15) is 4.79 Å².